The molecule has 0 spiro atoms. The van der Waals surface area contributed by atoms with Crippen LogP contribution >= 0.6 is 11.3 Å². The lowest BCUT2D eigenvalue weighted by atomic mass is 9.98. The summed E-state index contributed by atoms with van der Waals surface area (Å²) in [7, 11) is 0. The highest BCUT2D eigenvalue weighted by molar-refractivity contribution is 7.17. The Kier molecular flexibility index (Phi) is 7.63. The molecule has 9 nitrogen and oxygen atoms in total. The number of piperidine rings is 1. The molecule has 2 aromatic carbocycles. The quantitative estimate of drug-likeness (QED) is 0.287. The van der Waals surface area contributed by atoms with Crippen molar-refractivity contribution in [2.24, 2.45) is 0 Å². The van der Waals surface area contributed by atoms with Crippen LogP contribution in [0, 0.1) is 0 Å². The van der Waals surface area contributed by atoms with Gasteiger partial charge in [0.25, 0.3) is 0 Å². The zero-order valence-corrected chi connectivity index (χ0v) is 23.9. The Labute approximate surface area is 248 Å². The number of benzene rings is 2. The van der Waals surface area contributed by atoms with Crippen molar-refractivity contribution < 1.29 is 23.7 Å². The number of morpholine rings is 1. The third-order valence-electron chi connectivity index (χ3n) is 8.17. The maximum Gasteiger partial charge on any atom is 0.319 e. The third kappa shape index (κ3) is 5.52. The number of aromatic nitrogens is 2. The highest BCUT2D eigenvalue weighted by atomic mass is 32.1. The highest BCUT2D eigenvalue weighted by Crippen LogP contribution is 2.38. The van der Waals surface area contributed by atoms with Crippen molar-refractivity contribution in [3.8, 4) is 11.1 Å². The van der Waals surface area contributed by atoms with E-state index in [0.29, 0.717) is 18.9 Å². The molecule has 4 aromatic rings. The second-order valence-corrected chi connectivity index (χ2v) is 11.6. The average molecular weight is 585 g/mol. The number of anilines is 1. The summed E-state index contributed by atoms with van der Waals surface area (Å²) in [5.74, 6) is 1.33. The normalized spacial score (nSPS) is 20.2. The van der Waals surface area contributed by atoms with Crippen molar-refractivity contribution in [2.75, 3.05) is 37.9 Å². The second-order valence-electron chi connectivity index (χ2n) is 10.7. The van der Waals surface area contributed by atoms with Crippen LogP contribution in [0.4, 0.5) is 5.82 Å². The first-order chi connectivity index (χ1) is 20.7. The molecule has 0 bridgehead atoms. The lowest BCUT2D eigenvalue weighted by Crippen LogP contribution is -2.57. The minimum absolute atomic E-state index is 0.0245. The molecule has 0 aliphatic carbocycles. The van der Waals surface area contributed by atoms with Gasteiger partial charge in [-0.15, -0.1) is 11.3 Å². The summed E-state index contributed by atoms with van der Waals surface area (Å²) in [5, 5.41) is 3.27. The molecule has 2 unspecified atom stereocenters. The SMILES string of the molecule is O=C1COC(C(Cc2ccccc2)OC2=COCO2)CN1C1CCN(c2ncnc3scc(-c4ccccc4)c23)CC1. The summed E-state index contributed by atoms with van der Waals surface area (Å²) in [6.45, 7) is 2.25. The molecule has 5 heterocycles. The van der Waals surface area contributed by atoms with Crippen molar-refractivity contribution in [1.82, 2.24) is 14.9 Å². The van der Waals surface area contributed by atoms with Crippen LogP contribution in [0.2, 0.25) is 0 Å². The third-order valence-corrected chi connectivity index (χ3v) is 9.05. The van der Waals surface area contributed by atoms with E-state index in [-0.39, 0.29) is 37.6 Å². The van der Waals surface area contributed by atoms with E-state index in [2.05, 4.69) is 51.7 Å². The van der Waals surface area contributed by atoms with Crippen LogP contribution in [0.3, 0.4) is 0 Å². The topological polar surface area (TPSA) is 86.3 Å². The maximum absolute atomic E-state index is 13.1. The van der Waals surface area contributed by atoms with E-state index in [9.17, 15) is 4.79 Å². The molecule has 0 radical (unpaired) electrons. The van der Waals surface area contributed by atoms with Gasteiger partial charge in [0.05, 0.1) is 11.9 Å². The number of carbonyl (C=O) groups is 1. The van der Waals surface area contributed by atoms with Crippen LogP contribution in [-0.4, -0.2) is 72.1 Å². The van der Waals surface area contributed by atoms with Gasteiger partial charge in [-0.3, -0.25) is 4.79 Å². The molecule has 2 saturated heterocycles. The minimum atomic E-state index is -0.333. The van der Waals surface area contributed by atoms with Crippen molar-refractivity contribution in [3.05, 3.63) is 90.1 Å². The summed E-state index contributed by atoms with van der Waals surface area (Å²) in [6.07, 6.45) is 4.84. The smallest absolute Gasteiger partial charge is 0.319 e. The molecule has 216 valence electrons. The van der Waals surface area contributed by atoms with Gasteiger partial charge in [-0.25, -0.2) is 9.97 Å². The number of thiophene rings is 1. The Hall–Kier alpha value is -4.15. The molecular weight excluding hydrogens is 552 g/mol. The molecule has 0 N–H and O–H groups in total. The van der Waals surface area contributed by atoms with Gasteiger partial charge < -0.3 is 28.7 Å². The molecule has 3 aliphatic rings. The standard InChI is InChI=1S/C32H32N4O5S/c37-28-17-39-27(26(41-29-18-38-21-40-29)15-22-7-3-1-4-8-22)16-36(28)24-11-13-35(14-12-24)31-30-25(23-9-5-2-6-10-23)19-42-32(30)34-20-33-31/h1-10,18-20,24,26-27H,11-17,21H2. The number of ether oxygens (including phenoxy) is 4. The Morgan fingerprint density at radius 2 is 1.81 bits per heavy atom. The molecule has 42 heavy (non-hydrogen) atoms. The first-order valence-electron chi connectivity index (χ1n) is 14.3. The maximum atomic E-state index is 13.1. The van der Waals surface area contributed by atoms with Gasteiger partial charge in [-0.1, -0.05) is 60.7 Å². The van der Waals surface area contributed by atoms with E-state index in [1.54, 1.807) is 17.7 Å². The fourth-order valence-electron chi connectivity index (χ4n) is 6.04. The van der Waals surface area contributed by atoms with Crippen molar-refractivity contribution >= 4 is 33.3 Å². The summed E-state index contributed by atoms with van der Waals surface area (Å²) in [4.78, 5) is 27.8. The lowest BCUT2D eigenvalue weighted by molar-refractivity contribution is -0.164. The summed E-state index contributed by atoms with van der Waals surface area (Å²) in [5.41, 5.74) is 3.45. The van der Waals surface area contributed by atoms with E-state index >= 15 is 0 Å². The predicted molar refractivity (Wildman–Crippen MR) is 160 cm³/mol. The lowest BCUT2D eigenvalue weighted by Gasteiger charge is -2.43. The monoisotopic (exact) mass is 584 g/mol. The number of amides is 1. The Morgan fingerprint density at radius 1 is 1.02 bits per heavy atom. The predicted octanol–water partition coefficient (Wildman–Crippen LogP) is 4.99. The Balaban J connectivity index is 1.06. The first-order valence-corrected chi connectivity index (χ1v) is 15.2. The average Bonchev–Trinajstić information content (AvgIpc) is 3.72. The van der Waals surface area contributed by atoms with Crippen molar-refractivity contribution in [2.45, 2.75) is 37.5 Å². The van der Waals surface area contributed by atoms with Crippen molar-refractivity contribution in [1.29, 1.82) is 0 Å². The first kappa shape index (κ1) is 26.7. The van der Waals surface area contributed by atoms with Crippen LogP contribution in [0.25, 0.3) is 21.3 Å². The number of carbonyl (C=O) groups excluding carboxylic acids is 1. The number of fused-ring (bicyclic) bond motifs is 1. The van der Waals surface area contributed by atoms with E-state index in [1.165, 1.54) is 6.26 Å². The van der Waals surface area contributed by atoms with E-state index < -0.39 is 0 Å². The second kappa shape index (κ2) is 12.0. The molecular formula is C32H32N4O5S. The van der Waals surface area contributed by atoms with Gasteiger partial charge >= 0.3 is 5.95 Å². The van der Waals surface area contributed by atoms with Crippen LogP contribution < -0.4 is 4.90 Å². The summed E-state index contributed by atoms with van der Waals surface area (Å²) >= 11 is 1.65. The zero-order chi connectivity index (χ0) is 28.3. The van der Waals surface area contributed by atoms with Gasteiger partial charge in [0.2, 0.25) is 12.7 Å². The number of rotatable bonds is 8. The van der Waals surface area contributed by atoms with Gasteiger partial charge in [0.1, 0.15) is 35.8 Å². The van der Waals surface area contributed by atoms with Crippen LogP contribution in [0.5, 0.6) is 0 Å². The van der Waals surface area contributed by atoms with E-state index in [4.69, 9.17) is 23.9 Å². The van der Waals surface area contributed by atoms with Gasteiger partial charge in [0.15, 0.2) is 6.26 Å². The summed E-state index contributed by atoms with van der Waals surface area (Å²) < 4.78 is 22.9. The van der Waals surface area contributed by atoms with Gasteiger partial charge in [0, 0.05) is 36.5 Å². The highest BCUT2D eigenvalue weighted by Gasteiger charge is 2.38. The van der Waals surface area contributed by atoms with Crippen LogP contribution in [-0.2, 0) is 30.2 Å². The minimum Gasteiger partial charge on any atom is -0.458 e. The van der Waals surface area contributed by atoms with E-state index in [1.807, 2.05) is 29.2 Å². The zero-order valence-electron chi connectivity index (χ0n) is 23.1. The Morgan fingerprint density at radius 3 is 2.57 bits per heavy atom. The largest absolute Gasteiger partial charge is 0.458 e. The van der Waals surface area contributed by atoms with Gasteiger partial charge in [-0.05, 0) is 24.0 Å². The molecule has 0 saturated carbocycles. The molecule has 1 amide bonds. The summed E-state index contributed by atoms with van der Waals surface area (Å²) in [6, 6.07) is 20.7. The number of hydrogen-bond acceptors (Lipinski definition) is 9. The molecule has 7 rings (SSSR count). The van der Waals surface area contributed by atoms with Gasteiger partial charge in [-0.2, -0.15) is 0 Å². The van der Waals surface area contributed by atoms with Crippen LogP contribution in [0.1, 0.15) is 18.4 Å². The molecule has 2 fully saturated rings. The molecule has 2 atom stereocenters. The van der Waals surface area contributed by atoms with Crippen LogP contribution in [0.15, 0.2) is 84.6 Å². The molecule has 10 heteroatoms. The molecule has 2 aromatic heterocycles. The van der Waals surface area contributed by atoms with E-state index in [0.717, 1.165) is 58.7 Å². The fraction of sp³-hybridized carbons (Fsp3) is 0.344. The number of hydrogen-bond donors (Lipinski definition) is 0. The molecule has 3 aliphatic heterocycles. The van der Waals surface area contributed by atoms with Crippen molar-refractivity contribution in [3.63, 3.8) is 0 Å². The fourth-order valence-corrected chi connectivity index (χ4v) is 6.95. The Bertz CT molecular complexity index is 1560. The number of nitrogens with zero attached hydrogens (tertiary/aromatic N) is 4.